The summed E-state index contributed by atoms with van der Waals surface area (Å²) in [6.07, 6.45) is -1.77. The van der Waals surface area contributed by atoms with Gasteiger partial charge in [0.2, 0.25) is 5.91 Å². The van der Waals surface area contributed by atoms with Crippen LogP contribution in [0.1, 0.15) is 50.4 Å². The molecular weight excluding hydrogens is 507 g/mol. The Morgan fingerprint density at radius 1 is 1.18 bits per heavy atom. The molecule has 7 nitrogen and oxygen atoms in total. The number of rotatable bonds is 8. The Kier molecular flexibility index (Phi) is 6.67. The molecule has 5 rings (SSSR count). The van der Waals surface area contributed by atoms with Crippen molar-refractivity contribution in [2.24, 2.45) is 13.0 Å². The van der Waals surface area contributed by atoms with Gasteiger partial charge in [-0.2, -0.15) is 18.4 Å². The van der Waals surface area contributed by atoms with E-state index in [-0.39, 0.29) is 17.9 Å². The molecule has 0 saturated heterocycles. The second-order valence-electron chi connectivity index (χ2n) is 10.9. The van der Waals surface area contributed by atoms with Crippen LogP contribution in [-0.4, -0.2) is 33.2 Å². The fourth-order valence-corrected chi connectivity index (χ4v) is 4.91. The Balaban J connectivity index is 1.49. The number of fused-ring (bicyclic) bond motifs is 3. The number of hydrogen-bond acceptors (Lipinski definition) is 5. The molecule has 1 unspecified atom stereocenters. The number of aromatic nitrogens is 2. The van der Waals surface area contributed by atoms with Gasteiger partial charge in [-0.1, -0.05) is 26.0 Å². The highest BCUT2D eigenvalue weighted by Crippen LogP contribution is 2.39. The number of halogens is 3. The first-order valence-electron chi connectivity index (χ1n) is 12.9. The Morgan fingerprint density at radius 2 is 1.92 bits per heavy atom. The molecular formula is C29H30F3N5O2. The van der Waals surface area contributed by atoms with Crippen molar-refractivity contribution in [1.82, 2.24) is 20.2 Å². The Labute approximate surface area is 224 Å². The topological polar surface area (TPSA) is 95.9 Å². The van der Waals surface area contributed by atoms with Crippen molar-refractivity contribution in [3.05, 3.63) is 54.0 Å². The van der Waals surface area contributed by atoms with Crippen LogP contribution in [0.4, 0.5) is 13.2 Å². The van der Waals surface area contributed by atoms with E-state index in [9.17, 15) is 23.2 Å². The zero-order valence-corrected chi connectivity index (χ0v) is 22.2. The molecule has 4 aromatic rings. The summed E-state index contributed by atoms with van der Waals surface area (Å²) >= 11 is 0. The molecule has 0 spiro atoms. The van der Waals surface area contributed by atoms with E-state index in [1.807, 2.05) is 44.5 Å². The van der Waals surface area contributed by atoms with Gasteiger partial charge >= 0.3 is 6.18 Å². The van der Waals surface area contributed by atoms with Gasteiger partial charge in [-0.15, -0.1) is 0 Å². The molecule has 0 radical (unpaired) electrons. The summed E-state index contributed by atoms with van der Waals surface area (Å²) in [5.74, 6) is -0.645. The molecule has 2 N–H and O–H groups in total. The van der Waals surface area contributed by atoms with E-state index in [1.54, 1.807) is 18.5 Å². The number of carbonyl (C=O) groups is 1. The van der Waals surface area contributed by atoms with E-state index >= 15 is 0 Å². The molecule has 10 heteroatoms. The Bertz CT molecular complexity index is 1590. The summed E-state index contributed by atoms with van der Waals surface area (Å²) in [6.45, 7) is 5.64. The number of aryl methyl sites for hydroxylation is 1. The number of imidazole rings is 1. The van der Waals surface area contributed by atoms with Gasteiger partial charge in [0, 0.05) is 29.1 Å². The Morgan fingerprint density at radius 3 is 2.51 bits per heavy atom. The van der Waals surface area contributed by atoms with Crippen molar-refractivity contribution in [1.29, 1.82) is 5.26 Å². The van der Waals surface area contributed by atoms with Crippen molar-refractivity contribution in [3.8, 4) is 17.3 Å². The number of nitrogens with zero attached hydrogens (tertiary/aromatic N) is 3. The van der Waals surface area contributed by atoms with Crippen molar-refractivity contribution < 1.29 is 22.4 Å². The maximum atomic E-state index is 14.4. The third-order valence-corrected chi connectivity index (χ3v) is 7.38. The first-order chi connectivity index (χ1) is 18.4. The van der Waals surface area contributed by atoms with Crippen LogP contribution in [0.3, 0.4) is 0 Å². The monoisotopic (exact) mass is 537 g/mol. The SMILES string of the molecule is Cc1c(-c2ccc3oc4cc([C@H](NC(CC(C)C)C(=O)NC5(C#N)CC5)C(F)(F)F)ccc4c3c2)ncn1C. The molecule has 0 bridgehead atoms. The lowest BCUT2D eigenvalue weighted by atomic mass is 9.98. The second-order valence-corrected chi connectivity index (χ2v) is 10.9. The van der Waals surface area contributed by atoms with Crippen molar-refractivity contribution >= 4 is 27.8 Å². The van der Waals surface area contributed by atoms with Gasteiger partial charge in [0.15, 0.2) is 0 Å². The number of benzene rings is 2. The highest BCUT2D eigenvalue weighted by atomic mass is 19.4. The quantitative estimate of drug-likeness (QED) is 0.284. The van der Waals surface area contributed by atoms with Crippen LogP contribution in [0.2, 0.25) is 0 Å². The van der Waals surface area contributed by atoms with Crippen molar-refractivity contribution in [3.63, 3.8) is 0 Å². The van der Waals surface area contributed by atoms with Crippen LogP contribution in [0, 0.1) is 24.2 Å². The molecule has 1 aliphatic rings. The van der Waals surface area contributed by atoms with Gasteiger partial charge in [-0.25, -0.2) is 4.98 Å². The average Bonchev–Trinajstić information content (AvgIpc) is 3.44. The smallest absolute Gasteiger partial charge is 0.407 e. The van der Waals surface area contributed by atoms with Crippen LogP contribution in [-0.2, 0) is 11.8 Å². The standard InChI is InChI=1S/C29H30F3N5O2/c1-16(2)11-22(27(38)36-28(14-33)9-10-28)35-26(29(30,31)32)19-5-7-20-21-12-18(25-17(3)37(4)15-34-25)6-8-23(21)39-24(20)13-19/h5-8,12-13,15-16,22,26,35H,9-11H2,1-4H3,(H,36,38)/t22?,26-/m0/s1. The highest BCUT2D eigenvalue weighted by molar-refractivity contribution is 6.06. The van der Waals surface area contributed by atoms with E-state index in [2.05, 4.69) is 21.7 Å². The number of alkyl halides is 3. The lowest BCUT2D eigenvalue weighted by Crippen LogP contribution is -2.52. The molecule has 204 valence electrons. The molecule has 2 atom stereocenters. The predicted octanol–water partition coefficient (Wildman–Crippen LogP) is 6.08. The molecule has 2 heterocycles. The highest BCUT2D eigenvalue weighted by Gasteiger charge is 2.47. The molecule has 2 aromatic carbocycles. The third kappa shape index (κ3) is 5.23. The molecule has 1 fully saturated rings. The van der Waals surface area contributed by atoms with Gasteiger partial charge < -0.3 is 14.3 Å². The predicted molar refractivity (Wildman–Crippen MR) is 142 cm³/mol. The lowest BCUT2D eigenvalue weighted by Gasteiger charge is -2.29. The third-order valence-electron chi connectivity index (χ3n) is 7.38. The number of hydrogen-bond donors (Lipinski definition) is 2. The molecule has 2 aromatic heterocycles. The number of amides is 1. The van der Waals surface area contributed by atoms with Crippen LogP contribution in [0.5, 0.6) is 0 Å². The minimum atomic E-state index is -4.68. The number of furan rings is 1. The van der Waals surface area contributed by atoms with Crippen LogP contribution in [0.15, 0.2) is 47.1 Å². The summed E-state index contributed by atoms with van der Waals surface area (Å²) in [7, 11) is 1.91. The zero-order valence-electron chi connectivity index (χ0n) is 22.2. The van der Waals surface area contributed by atoms with Gasteiger partial charge in [-0.05, 0) is 61.9 Å². The largest absolute Gasteiger partial charge is 0.456 e. The summed E-state index contributed by atoms with van der Waals surface area (Å²) < 4.78 is 51.0. The minimum absolute atomic E-state index is 0.0471. The molecule has 1 aliphatic carbocycles. The Hall–Kier alpha value is -3.84. The minimum Gasteiger partial charge on any atom is -0.456 e. The first kappa shape index (κ1) is 26.8. The van der Waals surface area contributed by atoms with Gasteiger partial charge in [0.1, 0.15) is 22.7 Å². The maximum absolute atomic E-state index is 14.4. The van der Waals surface area contributed by atoms with E-state index in [0.717, 1.165) is 22.3 Å². The van der Waals surface area contributed by atoms with E-state index in [4.69, 9.17) is 4.42 Å². The molecule has 0 aliphatic heterocycles. The summed E-state index contributed by atoms with van der Waals surface area (Å²) in [5.41, 5.74) is 2.55. The van der Waals surface area contributed by atoms with Gasteiger partial charge in [-0.3, -0.25) is 10.1 Å². The van der Waals surface area contributed by atoms with E-state index in [0.29, 0.717) is 29.4 Å². The van der Waals surface area contributed by atoms with Crippen molar-refractivity contribution in [2.45, 2.75) is 63.8 Å². The number of nitriles is 1. The normalized spacial score (nSPS) is 16.4. The van der Waals surface area contributed by atoms with Gasteiger partial charge in [0.05, 0.1) is 24.1 Å². The molecule has 1 amide bonds. The zero-order chi connectivity index (χ0) is 28.1. The second kappa shape index (κ2) is 9.72. The summed E-state index contributed by atoms with van der Waals surface area (Å²) in [4.78, 5) is 17.4. The molecule has 1 saturated carbocycles. The summed E-state index contributed by atoms with van der Waals surface area (Å²) in [6, 6.07) is 8.86. The fraction of sp³-hybridized carbons (Fsp3) is 0.414. The molecule has 39 heavy (non-hydrogen) atoms. The van der Waals surface area contributed by atoms with Crippen LogP contribution < -0.4 is 10.6 Å². The fourth-order valence-electron chi connectivity index (χ4n) is 4.91. The van der Waals surface area contributed by atoms with Crippen molar-refractivity contribution in [2.75, 3.05) is 0 Å². The maximum Gasteiger partial charge on any atom is 0.407 e. The van der Waals surface area contributed by atoms with E-state index < -0.39 is 29.7 Å². The average molecular weight is 538 g/mol. The van der Waals surface area contributed by atoms with Crippen LogP contribution in [0.25, 0.3) is 33.2 Å². The first-order valence-corrected chi connectivity index (χ1v) is 12.9. The van der Waals surface area contributed by atoms with Crippen LogP contribution >= 0.6 is 0 Å². The summed E-state index contributed by atoms with van der Waals surface area (Å²) in [5, 5.41) is 16.0. The van der Waals surface area contributed by atoms with Gasteiger partial charge in [0.25, 0.3) is 0 Å². The van der Waals surface area contributed by atoms with E-state index in [1.165, 1.54) is 12.1 Å². The number of carbonyl (C=O) groups excluding carboxylic acids is 1. The number of nitrogens with one attached hydrogen (secondary N) is 2. The lowest BCUT2D eigenvalue weighted by molar-refractivity contribution is -0.161.